The quantitative estimate of drug-likeness (QED) is 0.915. The van der Waals surface area contributed by atoms with Crippen molar-refractivity contribution in [2.45, 2.75) is 57.4 Å². The van der Waals surface area contributed by atoms with Crippen molar-refractivity contribution in [2.24, 2.45) is 5.92 Å². The smallest absolute Gasteiger partial charge is 0.336 e. The minimum absolute atomic E-state index is 0.206. The van der Waals surface area contributed by atoms with Crippen LogP contribution in [-0.2, 0) is 6.54 Å². The van der Waals surface area contributed by atoms with Crippen molar-refractivity contribution in [3.8, 4) is 0 Å². The van der Waals surface area contributed by atoms with Crippen molar-refractivity contribution in [1.29, 1.82) is 0 Å². The molecule has 0 spiro atoms. The van der Waals surface area contributed by atoms with Gasteiger partial charge in [-0.15, -0.1) is 0 Å². The lowest BCUT2D eigenvalue weighted by Crippen LogP contribution is -2.42. The number of nitrogens with zero attached hydrogens (tertiary/aromatic N) is 2. The largest absolute Gasteiger partial charge is 0.391 e. The van der Waals surface area contributed by atoms with Gasteiger partial charge in [0.1, 0.15) is 0 Å². The fraction of sp³-hybridized carbons (Fsp3) is 0.769. The van der Waals surface area contributed by atoms with Crippen LogP contribution >= 0.6 is 0 Å². The molecule has 1 heterocycles. The first kappa shape index (κ1) is 14.4. The Labute approximate surface area is 111 Å². The van der Waals surface area contributed by atoms with E-state index >= 15 is 0 Å². The zero-order valence-electron chi connectivity index (χ0n) is 11.0. The number of imidazole rings is 1. The first-order chi connectivity index (χ1) is 8.95. The van der Waals surface area contributed by atoms with Gasteiger partial charge >= 0.3 is 6.18 Å². The third kappa shape index (κ3) is 4.23. The maximum atomic E-state index is 12.6. The molecule has 108 valence electrons. The van der Waals surface area contributed by atoms with Crippen LogP contribution in [0.1, 0.15) is 32.6 Å². The Bertz CT molecular complexity index is 367. The molecular weight excluding hydrogens is 255 g/mol. The maximum Gasteiger partial charge on any atom is 0.391 e. The second-order valence-corrected chi connectivity index (χ2v) is 5.42. The molecule has 0 saturated heterocycles. The van der Waals surface area contributed by atoms with Crippen molar-refractivity contribution >= 4 is 0 Å². The van der Waals surface area contributed by atoms with Gasteiger partial charge < -0.3 is 9.88 Å². The third-order valence-electron chi connectivity index (χ3n) is 3.75. The van der Waals surface area contributed by atoms with Crippen molar-refractivity contribution in [1.82, 2.24) is 14.9 Å². The molecule has 0 bridgehead atoms. The molecule has 1 atom stereocenters. The van der Waals surface area contributed by atoms with Crippen molar-refractivity contribution in [3.05, 3.63) is 18.7 Å². The fourth-order valence-electron chi connectivity index (χ4n) is 2.75. The lowest BCUT2D eigenvalue weighted by molar-refractivity contribution is -0.182. The van der Waals surface area contributed by atoms with E-state index in [1.165, 1.54) is 0 Å². The van der Waals surface area contributed by atoms with Crippen LogP contribution in [0, 0.1) is 5.92 Å². The summed E-state index contributed by atoms with van der Waals surface area (Å²) in [5, 5.41) is 3.41. The highest BCUT2D eigenvalue weighted by Gasteiger charge is 2.41. The molecule has 1 fully saturated rings. The zero-order chi connectivity index (χ0) is 13.9. The number of hydrogen-bond acceptors (Lipinski definition) is 2. The van der Waals surface area contributed by atoms with Gasteiger partial charge in [0, 0.05) is 31.0 Å². The van der Waals surface area contributed by atoms with Gasteiger partial charge in [-0.25, -0.2) is 4.98 Å². The second kappa shape index (κ2) is 5.94. The normalized spacial score (nSPS) is 26.3. The van der Waals surface area contributed by atoms with E-state index in [1.54, 1.807) is 12.5 Å². The van der Waals surface area contributed by atoms with Gasteiger partial charge in [-0.3, -0.25) is 0 Å². The number of alkyl halides is 3. The average molecular weight is 275 g/mol. The van der Waals surface area contributed by atoms with Crippen LogP contribution in [0.25, 0.3) is 0 Å². The molecule has 1 saturated carbocycles. The van der Waals surface area contributed by atoms with Crippen LogP contribution in [0.4, 0.5) is 13.2 Å². The molecular formula is C13H20F3N3. The van der Waals surface area contributed by atoms with Gasteiger partial charge in [0.2, 0.25) is 0 Å². The zero-order valence-corrected chi connectivity index (χ0v) is 11.0. The van der Waals surface area contributed by atoms with Crippen LogP contribution < -0.4 is 5.32 Å². The molecule has 1 N–H and O–H groups in total. The van der Waals surface area contributed by atoms with Crippen LogP contribution in [0.15, 0.2) is 18.7 Å². The number of hydrogen-bond donors (Lipinski definition) is 1. The first-order valence-electron chi connectivity index (χ1n) is 6.73. The van der Waals surface area contributed by atoms with Crippen molar-refractivity contribution in [2.75, 3.05) is 0 Å². The van der Waals surface area contributed by atoms with E-state index in [4.69, 9.17) is 0 Å². The van der Waals surface area contributed by atoms with E-state index in [0.717, 1.165) is 6.54 Å². The molecule has 1 aromatic heterocycles. The Kier molecular flexibility index (Phi) is 4.50. The van der Waals surface area contributed by atoms with Gasteiger partial charge in [0.05, 0.1) is 12.2 Å². The van der Waals surface area contributed by atoms with Crippen LogP contribution in [-0.4, -0.2) is 27.8 Å². The molecule has 2 rings (SSSR count). The molecule has 1 aliphatic carbocycles. The van der Waals surface area contributed by atoms with Gasteiger partial charge in [-0.2, -0.15) is 13.2 Å². The lowest BCUT2D eigenvalue weighted by atomic mass is 9.85. The summed E-state index contributed by atoms with van der Waals surface area (Å²) in [6, 6.07) is 0.443. The number of nitrogens with one attached hydrogen (secondary N) is 1. The van der Waals surface area contributed by atoms with E-state index in [-0.39, 0.29) is 24.9 Å². The average Bonchev–Trinajstić information content (AvgIpc) is 2.81. The molecule has 0 aromatic carbocycles. The SMILES string of the molecule is CC(Cn1ccnc1)NC1CCC(C(F)(F)F)CC1. The fourth-order valence-corrected chi connectivity index (χ4v) is 2.75. The van der Waals surface area contributed by atoms with Crippen LogP contribution in [0.2, 0.25) is 0 Å². The summed E-state index contributed by atoms with van der Waals surface area (Å²) in [4.78, 5) is 3.97. The molecule has 0 aliphatic heterocycles. The summed E-state index contributed by atoms with van der Waals surface area (Å²) in [7, 11) is 0. The van der Waals surface area contributed by atoms with Gasteiger partial charge in [0.25, 0.3) is 0 Å². The lowest BCUT2D eigenvalue weighted by Gasteiger charge is -2.32. The molecule has 3 nitrogen and oxygen atoms in total. The van der Waals surface area contributed by atoms with Gasteiger partial charge in [-0.05, 0) is 32.6 Å². The molecule has 0 amide bonds. The van der Waals surface area contributed by atoms with Crippen LogP contribution in [0.3, 0.4) is 0 Å². The Morgan fingerprint density at radius 3 is 2.53 bits per heavy atom. The monoisotopic (exact) mass is 275 g/mol. The highest BCUT2D eigenvalue weighted by molar-refractivity contribution is 4.83. The molecule has 1 aromatic rings. The molecule has 19 heavy (non-hydrogen) atoms. The summed E-state index contributed by atoms with van der Waals surface area (Å²) in [5.74, 6) is -1.10. The summed E-state index contributed by atoms with van der Waals surface area (Å²) < 4.78 is 39.6. The van der Waals surface area contributed by atoms with E-state index in [9.17, 15) is 13.2 Å². The Hall–Kier alpha value is -1.04. The van der Waals surface area contributed by atoms with E-state index < -0.39 is 12.1 Å². The van der Waals surface area contributed by atoms with Gasteiger partial charge in [0.15, 0.2) is 0 Å². The number of halogens is 3. The third-order valence-corrected chi connectivity index (χ3v) is 3.75. The predicted octanol–water partition coefficient (Wildman–Crippen LogP) is 2.98. The summed E-state index contributed by atoms with van der Waals surface area (Å²) in [6.45, 7) is 2.84. The summed E-state index contributed by atoms with van der Waals surface area (Å²) >= 11 is 0. The first-order valence-corrected chi connectivity index (χ1v) is 6.73. The minimum atomic E-state index is -4.02. The number of aromatic nitrogens is 2. The van der Waals surface area contributed by atoms with Gasteiger partial charge in [-0.1, -0.05) is 0 Å². The van der Waals surface area contributed by atoms with E-state index in [1.807, 2.05) is 10.8 Å². The Morgan fingerprint density at radius 1 is 1.32 bits per heavy atom. The molecule has 1 unspecified atom stereocenters. The standard InChI is InChI=1S/C13H20F3N3/c1-10(8-19-7-6-17-9-19)18-12-4-2-11(3-5-12)13(14,15)16/h6-7,9-12,18H,2-5,8H2,1H3. The van der Waals surface area contributed by atoms with Crippen LogP contribution in [0.5, 0.6) is 0 Å². The topological polar surface area (TPSA) is 29.9 Å². The summed E-state index contributed by atoms with van der Waals surface area (Å²) in [5.41, 5.74) is 0. The molecule has 1 aliphatic rings. The Balaban J connectivity index is 1.73. The second-order valence-electron chi connectivity index (χ2n) is 5.42. The highest BCUT2D eigenvalue weighted by atomic mass is 19.4. The minimum Gasteiger partial charge on any atom is -0.336 e. The van der Waals surface area contributed by atoms with Crippen molar-refractivity contribution in [3.63, 3.8) is 0 Å². The highest BCUT2D eigenvalue weighted by Crippen LogP contribution is 2.37. The maximum absolute atomic E-state index is 12.6. The predicted molar refractivity (Wildman–Crippen MR) is 66.6 cm³/mol. The Morgan fingerprint density at radius 2 is 2.00 bits per heavy atom. The molecule has 6 heteroatoms. The van der Waals surface area contributed by atoms with E-state index in [0.29, 0.717) is 12.8 Å². The molecule has 0 radical (unpaired) electrons. The summed E-state index contributed by atoms with van der Waals surface area (Å²) in [6.07, 6.45) is 3.06. The van der Waals surface area contributed by atoms with Crippen molar-refractivity contribution < 1.29 is 13.2 Å². The van der Waals surface area contributed by atoms with E-state index in [2.05, 4.69) is 17.2 Å². The number of rotatable bonds is 4.